The number of benzene rings is 1. The van der Waals surface area contributed by atoms with Crippen molar-refractivity contribution in [3.8, 4) is 5.69 Å². The number of carbonyl (C=O) groups excluding carboxylic acids is 1. The van der Waals surface area contributed by atoms with Crippen molar-refractivity contribution in [2.24, 2.45) is 0 Å². The number of aliphatic carboxylic acids is 1. The minimum absolute atomic E-state index is 0.0443. The Morgan fingerprint density at radius 3 is 2.71 bits per heavy atom. The lowest BCUT2D eigenvalue weighted by molar-refractivity contribution is -0.144. The summed E-state index contributed by atoms with van der Waals surface area (Å²) in [4.78, 5) is 23.8. The first-order valence-electron chi connectivity index (χ1n) is 7.36. The van der Waals surface area contributed by atoms with Crippen LogP contribution in [-0.4, -0.2) is 37.5 Å². The lowest BCUT2D eigenvalue weighted by atomic mass is 9.98. The van der Waals surface area contributed by atoms with Crippen LogP contribution in [0.5, 0.6) is 0 Å². The molecule has 0 saturated heterocycles. The van der Waals surface area contributed by atoms with Crippen molar-refractivity contribution in [1.82, 2.24) is 20.3 Å². The molecule has 1 aromatic carbocycles. The Bertz CT molecular complexity index is 802. The smallest absolute Gasteiger partial charge is 0.329 e. The Balaban J connectivity index is 1.84. The zero-order chi connectivity index (χ0) is 17.3. The first kappa shape index (κ1) is 16.4. The van der Waals surface area contributed by atoms with Crippen LogP contribution in [0.4, 0.5) is 4.39 Å². The molecule has 0 bridgehead atoms. The quantitative estimate of drug-likeness (QED) is 0.879. The van der Waals surface area contributed by atoms with E-state index in [1.807, 2.05) is 0 Å². The van der Waals surface area contributed by atoms with Gasteiger partial charge in [-0.3, -0.25) is 4.79 Å². The second-order valence-corrected chi connectivity index (χ2v) is 6.08. The number of carboxylic acid groups (broad SMARTS) is 1. The van der Waals surface area contributed by atoms with Gasteiger partial charge >= 0.3 is 5.97 Å². The lowest BCUT2D eigenvalue weighted by Gasteiger charge is -2.24. The van der Waals surface area contributed by atoms with Gasteiger partial charge in [0, 0.05) is 0 Å². The van der Waals surface area contributed by atoms with E-state index in [0.717, 1.165) is 17.5 Å². The molecule has 2 aromatic rings. The SMILES string of the molecule is O=C(NC1(C(=O)O)CCCC1)c1cn(-c2cccc(Cl)c2F)nn1. The summed E-state index contributed by atoms with van der Waals surface area (Å²) in [6, 6.07) is 4.37. The normalized spacial score (nSPS) is 16.1. The molecule has 1 aliphatic rings. The van der Waals surface area contributed by atoms with Gasteiger partial charge in [0.15, 0.2) is 11.5 Å². The van der Waals surface area contributed by atoms with Gasteiger partial charge in [-0.1, -0.05) is 35.7 Å². The Morgan fingerprint density at radius 1 is 1.33 bits per heavy atom. The molecule has 24 heavy (non-hydrogen) atoms. The van der Waals surface area contributed by atoms with E-state index in [2.05, 4.69) is 15.6 Å². The van der Waals surface area contributed by atoms with E-state index in [1.54, 1.807) is 6.07 Å². The van der Waals surface area contributed by atoms with Gasteiger partial charge in [-0.25, -0.2) is 13.9 Å². The van der Waals surface area contributed by atoms with Crippen molar-refractivity contribution in [3.05, 3.63) is 40.9 Å². The highest BCUT2D eigenvalue weighted by molar-refractivity contribution is 6.30. The molecule has 1 aromatic heterocycles. The minimum Gasteiger partial charge on any atom is -0.480 e. The van der Waals surface area contributed by atoms with Gasteiger partial charge in [-0.2, -0.15) is 0 Å². The van der Waals surface area contributed by atoms with Crippen LogP contribution in [0.25, 0.3) is 5.69 Å². The van der Waals surface area contributed by atoms with Crippen molar-refractivity contribution >= 4 is 23.5 Å². The third-order valence-corrected chi connectivity index (χ3v) is 4.42. The van der Waals surface area contributed by atoms with Crippen molar-refractivity contribution < 1.29 is 19.1 Å². The number of nitrogens with zero attached hydrogens (tertiary/aromatic N) is 3. The molecule has 126 valence electrons. The topological polar surface area (TPSA) is 97.1 Å². The molecule has 1 heterocycles. The fraction of sp³-hybridized carbons (Fsp3) is 0.333. The van der Waals surface area contributed by atoms with Gasteiger partial charge in [0.1, 0.15) is 11.2 Å². The fourth-order valence-corrected chi connectivity index (χ4v) is 2.98. The number of hydrogen-bond acceptors (Lipinski definition) is 4. The monoisotopic (exact) mass is 352 g/mol. The van der Waals surface area contributed by atoms with Gasteiger partial charge in [0.2, 0.25) is 0 Å². The maximum Gasteiger partial charge on any atom is 0.329 e. The van der Waals surface area contributed by atoms with Gasteiger partial charge in [-0.05, 0) is 25.0 Å². The van der Waals surface area contributed by atoms with Crippen LogP contribution in [0.1, 0.15) is 36.2 Å². The maximum absolute atomic E-state index is 14.0. The molecule has 0 spiro atoms. The van der Waals surface area contributed by atoms with Crippen LogP contribution >= 0.6 is 11.6 Å². The van der Waals surface area contributed by atoms with E-state index in [-0.39, 0.29) is 16.4 Å². The number of amides is 1. The molecule has 1 aliphatic carbocycles. The zero-order valence-electron chi connectivity index (χ0n) is 12.5. The second-order valence-electron chi connectivity index (χ2n) is 5.67. The van der Waals surface area contributed by atoms with Crippen LogP contribution in [0.3, 0.4) is 0 Å². The van der Waals surface area contributed by atoms with Crippen LogP contribution in [0.2, 0.25) is 5.02 Å². The van der Waals surface area contributed by atoms with Crippen LogP contribution < -0.4 is 5.32 Å². The second kappa shape index (κ2) is 6.20. The van der Waals surface area contributed by atoms with Crippen LogP contribution in [-0.2, 0) is 4.79 Å². The summed E-state index contributed by atoms with van der Waals surface area (Å²) in [5.41, 5.74) is -1.33. The first-order valence-corrected chi connectivity index (χ1v) is 7.73. The summed E-state index contributed by atoms with van der Waals surface area (Å²) >= 11 is 5.72. The van der Waals surface area contributed by atoms with Gasteiger partial charge in [0.05, 0.1) is 11.2 Å². The molecule has 0 aliphatic heterocycles. The Hall–Kier alpha value is -2.48. The number of carbonyl (C=O) groups is 2. The molecule has 3 rings (SSSR count). The standard InChI is InChI=1S/C15H14ClFN4O3/c16-9-4-3-5-11(12(9)17)21-8-10(19-20-21)13(22)18-15(14(23)24)6-1-2-7-15/h3-5,8H,1-2,6-7H2,(H,18,22)(H,23,24). The number of nitrogens with one attached hydrogen (secondary N) is 1. The predicted molar refractivity (Wildman–Crippen MR) is 82.6 cm³/mol. The number of carboxylic acids is 1. The molecule has 0 unspecified atom stereocenters. The number of aromatic nitrogens is 3. The lowest BCUT2D eigenvalue weighted by Crippen LogP contribution is -2.52. The van der Waals surface area contributed by atoms with Crippen molar-refractivity contribution in [2.45, 2.75) is 31.2 Å². The fourth-order valence-electron chi connectivity index (χ4n) is 2.81. The molecule has 1 saturated carbocycles. The van der Waals surface area contributed by atoms with E-state index in [0.29, 0.717) is 12.8 Å². The molecular formula is C15H14ClFN4O3. The highest BCUT2D eigenvalue weighted by atomic mass is 35.5. The van der Waals surface area contributed by atoms with E-state index >= 15 is 0 Å². The molecule has 1 amide bonds. The Morgan fingerprint density at radius 2 is 2.04 bits per heavy atom. The molecule has 0 atom stereocenters. The summed E-state index contributed by atoms with van der Waals surface area (Å²) in [6.07, 6.45) is 3.42. The third kappa shape index (κ3) is 2.84. The summed E-state index contributed by atoms with van der Waals surface area (Å²) in [5, 5.41) is 19.2. The summed E-state index contributed by atoms with van der Waals surface area (Å²) in [5.74, 6) is -2.41. The highest BCUT2D eigenvalue weighted by Crippen LogP contribution is 2.30. The van der Waals surface area contributed by atoms with E-state index < -0.39 is 23.2 Å². The van der Waals surface area contributed by atoms with Crippen molar-refractivity contribution in [3.63, 3.8) is 0 Å². The van der Waals surface area contributed by atoms with Crippen molar-refractivity contribution in [2.75, 3.05) is 0 Å². The maximum atomic E-state index is 14.0. The highest BCUT2D eigenvalue weighted by Gasteiger charge is 2.43. The predicted octanol–water partition coefficient (Wildman–Crippen LogP) is 2.19. The average Bonchev–Trinajstić information content (AvgIpc) is 3.20. The molecule has 7 nitrogen and oxygen atoms in total. The number of rotatable bonds is 4. The summed E-state index contributed by atoms with van der Waals surface area (Å²) in [7, 11) is 0. The van der Waals surface area contributed by atoms with Gasteiger partial charge in [0.25, 0.3) is 5.91 Å². The summed E-state index contributed by atoms with van der Waals surface area (Å²) in [6.45, 7) is 0. The van der Waals surface area contributed by atoms with Crippen molar-refractivity contribution in [1.29, 1.82) is 0 Å². The van der Waals surface area contributed by atoms with E-state index in [4.69, 9.17) is 11.6 Å². The average molecular weight is 353 g/mol. The molecule has 0 radical (unpaired) electrons. The third-order valence-electron chi connectivity index (χ3n) is 4.12. The van der Waals surface area contributed by atoms with Crippen LogP contribution in [0, 0.1) is 5.82 Å². The number of halogens is 2. The Kier molecular flexibility index (Phi) is 4.23. The Labute approximate surface area is 141 Å². The molecule has 9 heteroatoms. The van der Waals surface area contributed by atoms with E-state index in [1.165, 1.54) is 18.3 Å². The number of hydrogen-bond donors (Lipinski definition) is 2. The first-order chi connectivity index (χ1) is 11.4. The molecule has 1 fully saturated rings. The zero-order valence-corrected chi connectivity index (χ0v) is 13.3. The summed E-state index contributed by atoms with van der Waals surface area (Å²) < 4.78 is 15.1. The van der Waals surface area contributed by atoms with Crippen LogP contribution in [0.15, 0.2) is 24.4 Å². The van der Waals surface area contributed by atoms with E-state index in [9.17, 15) is 19.1 Å². The van der Waals surface area contributed by atoms with Gasteiger partial charge < -0.3 is 10.4 Å². The largest absolute Gasteiger partial charge is 0.480 e. The van der Waals surface area contributed by atoms with Gasteiger partial charge in [-0.15, -0.1) is 5.10 Å². The molecule has 2 N–H and O–H groups in total. The minimum atomic E-state index is -1.28. The molecular weight excluding hydrogens is 339 g/mol.